The van der Waals surface area contributed by atoms with Gasteiger partial charge in [0.1, 0.15) is 65.9 Å². The number of hydrogen-bond acceptors (Lipinski definition) is 16. The van der Waals surface area contributed by atoms with Crippen molar-refractivity contribution in [3.8, 4) is 11.5 Å². The number of aliphatic hydroxyl groups is 3. The molecule has 0 unspecified atom stereocenters. The monoisotopic (exact) mass is 1070 g/mol. The van der Waals surface area contributed by atoms with E-state index in [0.29, 0.717) is 23.2 Å². The van der Waals surface area contributed by atoms with Gasteiger partial charge in [0.25, 0.3) is 0 Å². The zero-order chi connectivity index (χ0) is 56.2. The molecule has 0 saturated carbocycles. The molecule has 0 aliphatic carbocycles. The predicted molar refractivity (Wildman–Crippen MR) is 270 cm³/mol. The summed E-state index contributed by atoms with van der Waals surface area (Å²) in [5, 5.41) is 76.9. The molecular formula is C50H71N11O15. The number of aromatic nitrogens is 2. The van der Waals surface area contributed by atoms with Crippen molar-refractivity contribution in [1.29, 1.82) is 0 Å². The van der Waals surface area contributed by atoms with E-state index >= 15 is 0 Å². The SMILES string of the molecule is CC(C)C[C@H](NC(=O)[C@H](Cc1ccc(O)cc1)NC(=O)[C@H](Cc1c[nH]cn1)NC(=O)[C@H](CC(C)C)NC(=O)[C@H](CO)NC(=O)[C@H](Cc1ccc(O)cc1)NC(=O)[C@@H]1CCCN1C(=O)[C@H](CO)NC(=O)[C@@H](N)CO)C(=O)O. The number of carbonyl (C=O) groups excluding carboxylic acids is 8. The maximum Gasteiger partial charge on any atom is 0.326 e. The van der Waals surface area contributed by atoms with E-state index in [1.807, 2.05) is 0 Å². The summed E-state index contributed by atoms with van der Waals surface area (Å²) in [6.45, 7) is 4.43. The Hall–Kier alpha value is -7.68. The first-order chi connectivity index (χ1) is 36.0. The molecular weight excluding hydrogens is 995 g/mol. The Bertz CT molecular complexity index is 2440. The van der Waals surface area contributed by atoms with Gasteiger partial charge < -0.3 is 83.5 Å². The first-order valence-corrected chi connectivity index (χ1v) is 24.8. The van der Waals surface area contributed by atoms with Crippen LogP contribution in [0, 0.1) is 11.8 Å². The van der Waals surface area contributed by atoms with Crippen molar-refractivity contribution in [3.63, 3.8) is 0 Å². The molecule has 1 aliphatic rings. The number of phenols is 2. The molecule has 0 bridgehead atoms. The molecule has 2 aromatic carbocycles. The van der Waals surface area contributed by atoms with Crippen molar-refractivity contribution in [1.82, 2.24) is 52.1 Å². The van der Waals surface area contributed by atoms with E-state index in [4.69, 9.17) is 5.73 Å². The smallest absolute Gasteiger partial charge is 0.326 e. The minimum absolute atomic E-state index is 0.0305. The third kappa shape index (κ3) is 18.6. The molecule has 26 heteroatoms. The summed E-state index contributed by atoms with van der Waals surface area (Å²) in [6, 6.07) is -1.59. The summed E-state index contributed by atoms with van der Waals surface area (Å²) in [4.78, 5) is 130. The van der Waals surface area contributed by atoms with Crippen LogP contribution in [0.25, 0.3) is 0 Å². The first-order valence-electron chi connectivity index (χ1n) is 24.8. The van der Waals surface area contributed by atoms with E-state index in [2.05, 4.69) is 47.2 Å². The van der Waals surface area contributed by atoms with E-state index in [-0.39, 0.29) is 68.4 Å². The quantitative estimate of drug-likeness (QED) is 0.0324. The lowest BCUT2D eigenvalue weighted by Crippen LogP contribution is -2.61. The van der Waals surface area contributed by atoms with Gasteiger partial charge >= 0.3 is 5.97 Å². The summed E-state index contributed by atoms with van der Waals surface area (Å²) < 4.78 is 0. The molecule has 26 nitrogen and oxygen atoms in total. The van der Waals surface area contributed by atoms with E-state index < -0.39 is 127 Å². The van der Waals surface area contributed by atoms with Gasteiger partial charge in [0, 0.05) is 32.0 Å². The van der Waals surface area contributed by atoms with Crippen LogP contribution in [0.2, 0.25) is 0 Å². The second kappa shape index (κ2) is 29.4. The van der Waals surface area contributed by atoms with Gasteiger partial charge in [-0.1, -0.05) is 52.0 Å². The first kappa shape index (κ1) is 60.9. The molecule has 9 atom stereocenters. The number of carboxylic acids is 1. The molecule has 76 heavy (non-hydrogen) atoms. The molecule has 8 amide bonds. The third-order valence-corrected chi connectivity index (χ3v) is 12.3. The number of benzene rings is 2. The van der Waals surface area contributed by atoms with Gasteiger partial charge in [0.05, 0.1) is 31.8 Å². The van der Waals surface area contributed by atoms with Crippen LogP contribution in [-0.4, -0.2) is 179 Å². The van der Waals surface area contributed by atoms with Crippen molar-refractivity contribution in [2.45, 2.75) is 127 Å². The maximum atomic E-state index is 14.3. The topological polar surface area (TPSA) is 417 Å². The van der Waals surface area contributed by atoms with E-state index in [1.54, 1.807) is 27.7 Å². The van der Waals surface area contributed by atoms with Crippen molar-refractivity contribution in [3.05, 3.63) is 77.9 Å². The molecule has 2 heterocycles. The van der Waals surface area contributed by atoms with Gasteiger partial charge in [-0.3, -0.25) is 38.4 Å². The zero-order valence-electron chi connectivity index (χ0n) is 42.7. The normalized spacial score (nSPS) is 16.4. The van der Waals surface area contributed by atoms with Crippen LogP contribution in [0.4, 0.5) is 0 Å². The van der Waals surface area contributed by atoms with Crippen LogP contribution in [0.15, 0.2) is 61.1 Å². The Morgan fingerprint density at radius 1 is 0.592 bits per heavy atom. The number of H-pyrrole nitrogens is 1. The fourth-order valence-electron chi connectivity index (χ4n) is 8.24. The van der Waals surface area contributed by atoms with Crippen molar-refractivity contribution >= 4 is 53.2 Å². The maximum absolute atomic E-state index is 14.3. The summed E-state index contributed by atoms with van der Waals surface area (Å²) in [7, 11) is 0. The van der Waals surface area contributed by atoms with E-state index in [9.17, 15) is 73.8 Å². The lowest BCUT2D eigenvalue weighted by Gasteiger charge is -2.30. The standard InChI is InChI=1S/C50H71N11O15/c1-26(2)16-34(43(68)56-37(20-30-21-52-25-53-30)46(71)55-35(18-28-7-11-31(65)12-8-28)44(69)58-38(50(75)76)17-27(3)4)54-47(72)39(23-63)59-45(70)36(19-29-9-13-32(66)14-10-29)57-48(73)41-6-5-15-61(41)49(74)40(24-64)60-42(67)33(51)22-62/h7-14,21,25-27,33-41,62-66H,5-6,15-20,22-24,51H2,1-4H3,(H,52,53)(H,54,72)(H,55,71)(H,56,68)(H,57,73)(H,58,69)(H,59,70)(H,60,67)(H,75,76)/t33-,34-,35-,36-,37-,38-,39-,40-,41-/m0/s1. The number of nitrogens with one attached hydrogen (secondary N) is 8. The number of hydrogen-bond donors (Lipinski definition) is 15. The second-order valence-electron chi connectivity index (χ2n) is 19.4. The number of nitrogens with zero attached hydrogens (tertiary/aromatic N) is 2. The summed E-state index contributed by atoms with van der Waals surface area (Å²) in [6.07, 6.45) is 2.62. The highest BCUT2D eigenvalue weighted by Gasteiger charge is 2.40. The lowest BCUT2D eigenvalue weighted by molar-refractivity contribution is -0.143. The largest absolute Gasteiger partial charge is 0.508 e. The number of carboxylic acid groups (broad SMARTS) is 1. The van der Waals surface area contributed by atoms with Crippen LogP contribution >= 0.6 is 0 Å². The fraction of sp³-hybridized carbons (Fsp3) is 0.520. The average molecular weight is 1070 g/mol. The molecule has 1 aromatic heterocycles. The highest BCUT2D eigenvalue weighted by Crippen LogP contribution is 2.20. The van der Waals surface area contributed by atoms with Gasteiger partial charge in [0.15, 0.2) is 0 Å². The predicted octanol–water partition coefficient (Wildman–Crippen LogP) is -3.29. The molecule has 0 radical (unpaired) electrons. The summed E-state index contributed by atoms with van der Waals surface area (Å²) in [5.41, 5.74) is 6.76. The second-order valence-corrected chi connectivity index (χ2v) is 19.4. The number of rotatable bonds is 29. The van der Waals surface area contributed by atoms with Crippen LogP contribution in [0.1, 0.15) is 70.2 Å². The highest BCUT2D eigenvalue weighted by molar-refractivity contribution is 5.98. The number of nitrogens with two attached hydrogens (primary N) is 1. The van der Waals surface area contributed by atoms with Gasteiger partial charge in [-0.15, -0.1) is 0 Å². The van der Waals surface area contributed by atoms with Crippen LogP contribution < -0.4 is 43.0 Å². The lowest BCUT2D eigenvalue weighted by atomic mass is 10.0. The van der Waals surface area contributed by atoms with Gasteiger partial charge in [-0.05, 0) is 72.9 Å². The number of aliphatic hydroxyl groups excluding tert-OH is 3. The molecule has 16 N–H and O–H groups in total. The summed E-state index contributed by atoms with van der Waals surface area (Å²) >= 11 is 0. The van der Waals surface area contributed by atoms with Crippen molar-refractivity contribution in [2.24, 2.45) is 17.6 Å². The van der Waals surface area contributed by atoms with E-state index in [1.165, 1.54) is 61.1 Å². The number of amides is 8. The number of likely N-dealkylation sites (tertiary alicyclic amines) is 1. The van der Waals surface area contributed by atoms with Gasteiger partial charge in [-0.25, -0.2) is 9.78 Å². The van der Waals surface area contributed by atoms with Crippen molar-refractivity contribution in [2.75, 3.05) is 26.4 Å². The highest BCUT2D eigenvalue weighted by atomic mass is 16.4. The zero-order valence-corrected chi connectivity index (χ0v) is 42.7. The molecule has 0 spiro atoms. The number of phenolic OH excluding ortho intramolecular Hbond substituents is 2. The Morgan fingerprint density at radius 2 is 1.03 bits per heavy atom. The number of aromatic amines is 1. The summed E-state index contributed by atoms with van der Waals surface area (Å²) in [5.74, 6) is -9.14. The Labute approximate surface area is 438 Å². The Morgan fingerprint density at radius 3 is 1.50 bits per heavy atom. The number of carbonyl (C=O) groups is 9. The van der Waals surface area contributed by atoms with Gasteiger partial charge in [0.2, 0.25) is 47.3 Å². The van der Waals surface area contributed by atoms with Gasteiger partial charge in [-0.2, -0.15) is 0 Å². The molecule has 416 valence electrons. The molecule has 4 rings (SSSR count). The minimum atomic E-state index is -1.74. The Kier molecular flexibility index (Phi) is 23.6. The molecule has 1 fully saturated rings. The number of aliphatic carboxylic acids is 1. The number of imidazole rings is 1. The average Bonchev–Trinajstić information content (AvgIpc) is 4.10. The Balaban J connectivity index is 1.56. The molecule has 1 saturated heterocycles. The fourth-order valence-corrected chi connectivity index (χ4v) is 8.24. The number of aromatic hydroxyl groups is 2. The van der Waals surface area contributed by atoms with E-state index in [0.717, 1.165) is 4.90 Å². The van der Waals surface area contributed by atoms with Crippen LogP contribution in [0.3, 0.4) is 0 Å². The molecule has 1 aliphatic heterocycles. The molecule has 3 aromatic rings. The van der Waals surface area contributed by atoms with Crippen molar-refractivity contribution < 1.29 is 73.8 Å². The van der Waals surface area contributed by atoms with Crippen LogP contribution in [0.5, 0.6) is 11.5 Å². The van der Waals surface area contributed by atoms with Crippen LogP contribution in [-0.2, 0) is 62.4 Å². The minimum Gasteiger partial charge on any atom is -0.508 e. The third-order valence-electron chi connectivity index (χ3n) is 12.3.